The van der Waals surface area contributed by atoms with Crippen molar-refractivity contribution in [3.63, 3.8) is 0 Å². The van der Waals surface area contributed by atoms with Gasteiger partial charge in [0.15, 0.2) is 6.04 Å². The van der Waals surface area contributed by atoms with Gasteiger partial charge in [-0.15, -0.1) is 11.3 Å². The molecule has 0 radical (unpaired) electrons. The summed E-state index contributed by atoms with van der Waals surface area (Å²) in [4.78, 5) is 27.1. The van der Waals surface area contributed by atoms with E-state index in [0.717, 1.165) is 6.54 Å². The summed E-state index contributed by atoms with van der Waals surface area (Å²) in [5.41, 5.74) is 0. The van der Waals surface area contributed by atoms with Crippen molar-refractivity contribution in [3.8, 4) is 0 Å². The highest BCUT2D eigenvalue weighted by Gasteiger charge is 2.24. The number of hydrogen-bond donors (Lipinski definition) is 2. The summed E-state index contributed by atoms with van der Waals surface area (Å²) >= 11 is 1.31. The maximum atomic E-state index is 11.9. The summed E-state index contributed by atoms with van der Waals surface area (Å²) in [6, 6.07) is 2.08. The molecule has 1 aromatic rings. The van der Waals surface area contributed by atoms with Crippen LogP contribution in [0, 0.1) is 0 Å². The topological polar surface area (TPSA) is 72.9 Å². The Labute approximate surface area is 116 Å². The van der Waals surface area contributed by atoms with E-state index in [1.165, 1.54) is 16.2 Å². The van der Waals surface area contributed by atoms with Gasteiger partial charge in [0.05, 0.1) is 0 Å². The number of urea groups is 1. The molecule has 7 heteroatoms. The fourth-order valence-electron chi connectivity index (χ4n) is 1.40. The molecule has 1 heterocycles. The lowest BCUT2D eigenvalue weighted by Crippen LogP contribution is -2.43. The molecule has 0 aliphatic heterocycles. The van der Waals surface area contributed by atoms with E-state index in [2.05, 4.69) is 5.32 Å². The van der Waals surface area contributed by atoms with Gasteiger partial charge in [-0.3, -0.25) is 0 Å². The van der Waals surface area contributed by atoms with Crippen LogP contribution in [0.4, 0.5) is 4.79 Å². The molecule has 1 atom stereocenters. The number of amides is 2. The van der Waals surface area contributed by atoms with Gasteiger partial charge in [0.25, 0.3) is 0 Å². The van der Waals surface area contributed by atoms with Gasteiger partial charge in [-0.2, -0.15) is 0 Å². The van der Waals surface area contributed by atoms with Gasteiger partial charge < -0.3 is 20.2 Å². The predicted molar refractivity (Wildman–Crippen MR) is 74.4 cm³/mol. The van der Waals surface area contributed by atoms with Crippen LogP contribution < -0.4 is 5.32 Å². The normalized spacial score (nSPS) is 12.2. The van der Waals surface area contributed by atoms with E-state index in [0.29, 0.717) is 11.4 Å². The Morgan fingerprint density at radius 3 is 2.53 bits per heavy atom. The summed E-state index contributed by atoms with van der Waals surface area (Å²) in [6.45, 7) is 1.26. The largest absolute Gasteiger partial charge is 0.479 e. The van der Waals surface area contributed by atoms with Crippen LogP contribution in [0.1, 0.15) is 10.9 Å². The third-order valence-electron chi connectivity index (χ3n) is 2.57. The van der Waals surface area contributed by atoms with Crippen molar-refractivity contribution in [1.82, 2.24) is 15.1 Å². The van der Waals surface area contributed by atoms with Crippen LogP contribution in [-0.2, 0) is 4.79 Å². The minimum atomic E-state index is -1.06. The first-order chi connectivity index (χ1) is 8.91. The van der Waals surface area contributed by atoms with E-state index in [9.17, 15) is 9.59 Å². The van der Waals surface area contributed by atoms with Crippen LogP contribution >= 0.6 is 11.3 Å². The highest BCUT2D eigenvalue weighted by Crippen LogP contribution is 2.19. The molecule has 106 valence electrons. The van der Waals surface area contributed by atoms with E-state index in [4.69, 9.17) is 5.11 Å². The number of carbonyl (C=O) groups excluding carboxylic acids is 1. The lowest BCUT2D eigenvalue weighted by molar-refractivity contribution is -0.139. The SMILES string of the molecule is CN(C)CCN(C)C(=O)NC(C(=O)O)c1cccs1. The molecule has 0 saturated heterocycles. The molecule has 2 amide bonds. The van der Waals surface area contributed by atoms with Crippen molar-refractivity contribution in [2.45, 2.75) is 6.04 Å². The summed E-state index contributed by atoms with van der Waals surface area (Å²) in [7, 11) is 5.47. The second kappa shape index (κ2) is 7.10. The molecule has 6 nitrogen and oxygen atoms in total. The van der Waals surface area contributed by atoms with Gasteiger partial charge in [0.2, 0.25) is 0 Å². The van der Waals surface area contributed by atoms with Crippen LogP contribution in [-0.4, -0.2) is 61.1 Å². The van der Waals surface area contributed by atoms with Crippen molar-refractivity contribution in [1.29, 1.82) is 0 Å². The number of carbonyl (C=O) groups is 2. The van der Waals surface area contributed by atoms with Gasteiger partial charge in [0.1, 0.15) is 0 Å². The summed E-state index contributed by atoms with van der Waals surface area (Å²) in [5.74, 6) is -1.06. The summed E-state index contributed by atoms with van der Waals surface area (Å²) in [5, 5.41) is 13.5. The number of nitrogens with zero attached hydrogens (tertiary/aromatic N) is 2. The zero-order valence-corrected chi connectivity index (χ0v) is 12.1. The van der Waals surface area contributed by atoms with Crippen LogP contribution in [0.15, 0.2) is 17.5 Å². The van der Waals surface area contributed by atoms with Gasteiger partial charge in [-0.05, 0) is 25.5 Å². The maximum absolute atomic E-state index is 11.9. The zero-order valence-electron chi connectivity index (χ0n) is 11.3. The van der Waals surface area contributed by atoms with Crippen LogP contribution in [0.5, 0.6) is 0 Å². The molecule has 19 heavy (non-hydrogen) atoms. The summed E-state index contributed by atoms with van der Waals surface area (Å²) in [6.07, 6.45) is 0. The Morgan fingerprint density at radius 2 is 2.05 bits per heavy atom. The number of nitrogens with one attached hydrogen (secondary N) is 1. The zero-order chi connectivity index (χ0) is 14.4. The van der Waals surface area contributed by atoms with E-state index in [1.54, 1.807) is 24.6 Å². The van der Waals surface area contributed by atoms with Crippen LogP contribution in [0.25, 0.3) is 0 Å². The molecule has 1 unspecified atom stereocenters. The van der Waals surface area contributed by atoms with E-state index in [1.807, 2.05) is 19.0 Å². The van der Waals surface area contributed by atoms with Crippen LogP contribution in [0.3, 0.4) is 0 Å². The third kappa shape index (κ3) is 4.88. The molecule has 1 aromatic heterocycles. The maximum Gasteiger partial charge on any atom is 0.331 e. The van der Waals surface area contributed by atoms with Gasteiger partial charge in [-0.1, -0.05) is 6.07 Å². The van der Waals surface area contributed by atoms with E-state index in [-0.39, 0.29) is 6.03 Å². The molecular weight excluding hydrogens is 266 g/mol. The first kappa shape index (κ1) is 15.5. The van der Waals surface area contributed by atoms with Crippen molar-refractivity contribution >= 4 is 23.3 Å². The average molecular weight is 285 g/mol. The standard InChI is InChI=1S/C12H19N3O3S/c1-14(2)6-7-15(3)12(18)13-10(11(16)17)9-5-4-8-19-9/h4-5,8,10H,6-7H2,1-3H3,(H,13,18)(H,16,17). The van der Waals surface area contributed by atoms with Gasteiger partial charge in [0, 0.05) is 25.0 Å². The Balaban J connectivity index is 2.60. The molecule has 0 spiro atoms. The number of carboxylic acid groups (broad SMARTS) is 1. The third-order valence-corrected chi connectivity index (χ3v) is 3.51. The number of carboxylic acids is 1. The number of aliphatic carboxylic acids is 1. The minimum Gasteiger partial charge on any atom is -0.479 e. The highest BCUT2D eigenvalue weighted by atomic mass is 32.1. The Hall–Kier alpha value is -1.60. The molecular formula is C12H19N3O3S. The second-order valence-corrected chi connectivity index (χ2v) is 5.44. The molecule has 0 aliphatic carbocycles. The van der Waals surface area contributed by atoms with Crippen molar-refractivity contribution in [2.24, 2.45) is 0 Å². The number of hydrogen-bond acceptors (Lipinski definition) is 4. The lowest BCUT2D eigenvalue weighted by Gasteiger charge is -2.22. The first-order valence-electron chi connectivity index (χ1n) is 5.84. The molecule has 1 rings (SSSR count). The smallest absolute Gasteiger partial charge is 0.331 e. The van der Waals surface area contributed by atoms with Crippen molar-refractivity contribution in [3.05, 3.63) is 22.4 Å². The molecule has 0 saturated carbocycles. The molecule has 0 bridgehead atoms. The average Bonchev–Trinajstić information content (AvgIpc) is 2.85. The van der Waals surface area contributed by atoms with Crippen molar-refractivity contribution in [2.75, 3.05) is 34.2 Å². The Morgan fingerprint density at radius 1 is 1.37 bits per heavy atom. The monoisotopic (exact) mass is 285 g/mol. The number of rotatable bonds is 6. The predicted octanol–water partition coefficient (Wildman–Crippen LogP) is 1.08. The quantitative estimate of drug-likeness (QED) is 0.820. The lowest BCUT2D eigenvalue weighted by atomic mass is 10.2. The second-order valence-electron chi connectivity index (χ2n) is 4.46. The highest BCUT2D eigenvalue weighted by molar-refractivity contribution is 7.10. The number of thiophene rings is 1. The minimum absolute atomic E-state index is 0.386. The van der Waals surface area contributed by atoms with Gasteiger partial charge >= 0.3 is 12.0 Å². The summed E-state index contributed by atoms with van der Waals surface area (Å²) < 4.78 is 0. The van der Waals surface area contributed by atoms with Crippen molar-refractivity contribution < 1.29 is 14.7 Å². The fourth-order valence-corrected chi connectivity index (χ4v) is 2.16. The molecule has 0 aliphatic rings. The molecule has 0 fully saturated rings. The molecule has 0 aromatic carbocycles. The number of likely N-dealkylation sites (N-methyl/N-ethyl adjacent to an activating group) is 2. The van der Waals surface area contributed by atoms with E-state index < -0.39 is 12.0 Å². The first-order valence-corrected chi connectivity index (χ1v) is 6.72. The van der Waals surface area contributed by atoms with Gasteiger partial charge in [-0.25, -0.2) is 9.59 Å². The fraction of sp³-hybridized carbons (Fsp3) is 0.500. The molecule has 2 N–H and O–H groups in total. The van der Waals surface area contributed by atoms with Crippen LogP contribution in [0.2, 0.25) is 0 Å². The van der Waals surface area contributed by atoms with E-state index >= 15 is 0 Å². The Bertz CT molecular complexity index is 420. The Kier molecular flexibility index (Phi) is 5.78.